The Kier molecular flexibility index (Phi) is 4.58. The highest BCUT2D eigenvalue weighted by atomic mass is 19.1. The minimum atomic E-state index is -0.413. The van der Waals surface area contributed by atoms with Crippen molar-refractivity contribution < 1.29 is 18.3 Å². The molecule has 1 aromatic heterocycles. The SMILES string of the molecule is CN(C)Cc1c(C(=O)N[C@H]2CCOc3c(F)cccc32)oc2ccccc12. The lowest BCUT2D eigenvalue weighted by Gasteiger charge is -2.26. The maximum Gasteiger partial charge on any atom is 0.287 e. The summed E-state index contributed by atoms with van der Waals surface area (Å²) in [6.45, 7) is 0.933. The molecule has 140 valence electrons. The molecule has 1 atom stereocenters. The van der Waals surface area contributed by atoms with Gasteiger partial charge in [0.05, 0.1) is 12.6 Å². The zero-order valence-electron chi connectivity index (χ0n) is 15.3. The van der Waals surface area contributed by atoms with E-state index in [-0.39, 0.29) is 17.7 Å². The van der Waals surface area contributed by atoms with Crippen LogP contribution < -0.4 is 10.1 Å². The smallest absolute Gasteiger partial charge is 0.287 e. The number of amides is 1. The lowest BCUT2D eigenvalue weighted by Crippen LogP contribution is -2.33. The number of ether oxygens (including phenoxy) is 1. The van der Waals surface area contributed by atoms with Gasteiger partial charge >= 0.3 is 0 Å². The summed E-state index contributed by atoms with van der Waals surface area (Å²) in [6, 6.07) is 12.1. The first kappa shape index (κ1) is 17.5. The Balaban J connectivity index is 1.68. The van der Waals surface area contributed by atoms with E-state index < -0.39 is 5.82 Å². The fraction of sp³-hybridized carbons (Fsp3) is 0.286. The molecule has 1 aliphatic heterocycles. The van der Waals surface area contributed by atoms with Gasteiger partial charge in [-0.15, -0.1) is 0 Å². The van der Waals surface area contributed by atoms with Crippen molar-refractivity contribution in [3.8, 4) is 5.75 Å². The van der Waals surface area contributed by atoms with E-state index in [0.29, 0.717) is 36.5 Å². The van der Waals surface area contributed by atoms with Crippen molar-refractivity contribution >= 4 is 16.9 Å². The van der Waals surface area contributed by atoms with Crippen LogP contribution in [0.5, 0.6) is 5.75 Å². The van der Waals surface area contributed by atoms with Crippen molar-refractivity contribution in [2.24, 2.45) is 0 Å². The lowest BCUT2D eigenvalue weighted by atomic mass is 10.00. The van der Waals surface area contributed by atoms with Gasteiger partial charge in [0.25, 0.3) is 5.91 Å². The van der Waals surface area contributed by atoms with Crippen LogP contribution in [0.4, 0.5) is 4.39 Å². The van der Waals surface area contributed by atoms with Gasteiger partial charge in [0.2, 0.25) is 0 Å². The highest BCUT2D eigenvalue weighted by Gasteiger charge is 2.28. The molecule has 1 N–H and O–H groups in total. The van der Waals surface area contributed by atoms with Crippen LogP contribution in [-0.4, -0.2) is 31.5 Å². The van der Waals surface area contributed by atoms with E-state index in [4.69, 9.17) is 9.15 Å². The van der Waals surface area contributed by atoms with E-state index in [0.717, 1.165) is 10.9 Å². The Morgan fingerprint density at radius 2 is 2.04 bits per heavy atom. The number of fused-ring (bicyclic) bond motifs is 2. The number of rotatable bonds is 4. The van der Waals surface area contributed by atoms with E-state index in [1.807, 2.05) is 43.3 Å². The average molecular weight is 368 g/mol. The van der Waals surface area contributed by atoms with Crippen molar-refractivity contribution in [2.45, 2.75) is 19.0 Å². The van der Waals surface area contributed by atoms with Gasteiger partial charge in [-0.2, -0.15) is 0 Å². The molecule has 3 aromatic rings. The second-order valence-corrected chi connectivity index (χ2v) is 6.97. The van der Waals surface area contributed by atoms with E-state index in [1.165, 1.54) is 6.07 Å². The van der Waals surface area contributed by atoms with Crippen LogP contribution in [0.15, 0.2) is 46.9 Å². The summed E-state index contributed by atoms with van der Waals surface area (Å²) in [5.41, 5.74) is 2.18. The second-order valence-electron chi connectivity index (χ2n) is 6.97. The van der Waals surface area contributed by atoms with Crippen LogP contribution in [0.25, 0.3) is 11.0 Å². The normalized spacial score (nSPS) is 16.2. The fourth-order valence-electron chi connectivity index (χ4n) is 3.52. The van der Waals surface area contributed by atoms with Gasteiger partial charge in [0.15, 0.2) is 17.3 Å². The molecule has 1 aliphatic rings. The quantitative estimate of drug-likeness (QED) is 0.759. The number of para-hydroxylation sites is 2. The molecule has 5 nitrogen and oxygen atoms in total. The summed E-state index contributed by atoms with van der Waals surface area (Å²) in [5.74, 6) is -0.199. The summed E-state index contributed by atoms with van der Waals surface area (Å²) >= 11 is 0. The third-order valence-corrected chi connectivity index (χ3v) is 4.71. The minimum absolute atomic E-state index is 0.215. The van der Waals surface area contributed by atoms with Gasteiger partial charge in [-0.05, 0) is 26.2 Å². The van der Waals surface area contributed by atoms with Crippen molar-refractivity contribution in [1.29, 1.82) is 0 Å². The molecular weight excluding hydrogens is 347 g/mol. The Morgan fingerprint density at radius 3 is 2.85 bits per heavy atom. The Morgan fingerprint density at radius 1 is 1.22 bits per heavy atom. The summed E-state index contributed by atoms with van der Waals surface area (Å²) in [5, 5.41) is 3.92. The zero-order chi connectivity index (χ0) is 19.0. The number of carbonyl (C=O) groups is 1. The van der Waals surface area contributed by atoms with Crippen LogP contribution in [0.2, 0.25) is 0 Å². The Bertz CT molecular complexity index is 996. The molecule has 0 radical (unpaired) electrons. The predicted octanol–water partition coefficient (Wildman–Crippen LogP) is 3.89. The molecule has 2 aromatic carbocycles. The molecule has 0 spiro atoms. The second kappa shape index (κ2) is 7.04. The van der Waals surface area contributed by atoms with Crippen molar-refractivity contribution in [3.05, 3.63) is 65.2 Å². The lowest BCUT2D eigenvalue weighted by molar-refractivity contribution is 0.0895. The molecular formula is C21H21FN2O3. The van der Waals surface area contributed by atoms with Gasteiger partial charge in [0, 0.05) is 29.5 Å². The number of benzene rings is 2. The molecule has 0 saturated heterocycles. The fourth-order valence-corrected chi connectivity index (χ4v) is 3.52. The third-order valence-electron chi connectivity index (χ3n) is 4.71. The molecule has 0 saturated carbocycles. The monoisotopic (exact) mass is 368 g/mol. The van der Waals surface area contributed by atoms with Gasteiger partial charge in [0.1, 0.15) is 5.58 Å². The largest absolute Gasteiger partial charge is 0.490 e. The third kappa shape index (κ3) is 3.28. The summed E-state index contributed by atoms with van der Waals surface area (Å²) in [4.78, 5) is 15.0. The Labute approximate surface area is 156 Å². The van der Waals surface area contributed by atoms with Crippen LogP contribution >= 0.6 is 0 Å². The maximum atomic E-state index is 14.0. The summed E-state index contributed by atoms with van der Waals surface area (Å²) in [6.07, 6.45) is 0.575. The zero-order valence-corrected chi connectivity index (χ0v) is 15.3. The number of furan rings is 1. The van der Waals surface area contributed by atoms with Crippen LogP contribution in [-0.2, 0) is 6.54 Å². The number of hydrogen-bond acceptors (Lipinski definition) is 4. The summed E-state index contributed by atoms with van der Waals surface area (Å²) in [7, 11) is 3.89. The number of halogens is 1. The van der Waals surface area contributed by atoms with E-state index in [2.05, 4.69) is 5.32 Å². The van der Waals surface area contributed by atoms with Crippen LogP contribution in [0.3, 0.4) is 0 Å². The molecule has 0 aliphatic carbocycles. The molecule has 0 fully saturated rings. The highest BCUT2D eigenvalue weighted by molar-refractivity contribution is 5.99. The molecule has 2 heterocycles. The van der Waals surface area contributed by atoms with Gasteiger partial charge < -0.3 is 19.4 Å². The highest BCUT2D eigenvalue weighted by Crippen LogP contribution is 2.35. The molecule has 6 heteroatoms. The Hall–Kier alpha value is -2.86. The molecule has 0 unspecified atom stereocenters. The molecule has 4 rings (SSSR count). The predicted molar refractivity (Wildman–Crippen MR) is 100 cm³/mol. The minimum Gasteiger partial charge on any atom is -0.490 e. The van der Waals surface area contributed by atoms with Gasteiger partial charge in [-0.3, -0.25) is 4.79 Å². The molecule has 1 amide bonds. The first-order chi connectivity index (χ1) is 13.0. The average Bonchev–Trinajstić information content (AvgIpc) is 3.01. The van der Waals surface area contributed by atoms with Crippen molar-refractivity contribution in [3.63, 3.8) is 0 Å². The molecule has 27 heavy (non-hydrogen) atoms. The van der Waals surface area contributed by atoms with Crippen molar-refractivity contribution in [1.82, 2.24) is 10.2 Å². The van der Waals surface area contributed by atoms with Gasteiger partial charge in [-0.25, -0.2) is 4.39 Å². The standard InChI is InChI=1S/C21H21FN2O3/c1-24(2)12-15-13-6-3-4-9-18(13)27-20(15)21(25)23-17-10-11-26-19-14(17)7-5-8-16(19)22/h3-9,17H,10-12H2,1-2H3,(H,23,25)/t17-/m0/s1. The summed E-state index contributed by atoms with van der Waals surface area (Å²) < 4.78 is 25.3. The van der Waals surface area contributed by atoms with Crippen LogP contribution in [0.1, 0.15) is 34.1 Å². The topological polar surface area (TPSA) is 54.7 Å². The van der Waals surface area contributed by atoms with E-state index in [9.17, 15) is 9.18 Å². The van der Waals surface area contributed by atoms with Crippen molar-refractivity contribution in [2.75, 3.05) is 20.7 Å². The first-order valence-electron chi connectivity index (χ1n) is 8.92. The number of nitrogens with one attached hydrogen (secondary N) is 1. The van der Waals surface area contributed by atoms with E-state index in [1.54, 1.807) is 12.1 Å². The molecule has 0 bridgehead atoms. The van der Waals surface area contributed by atoms with E-state index >= 15 is 0 Å². The first-order valence-corrected chi connectivity index (χ1v) is 8.92. The van der Waals surface area contributed by atoms with Crippen LogP contribution in [0, 0.1) is 5.82 Å². The van der Waals surface area contributed by atoms with Gasteiger partial charge in [-0.1, -0.05) is 30.3 Å². The number of carbonyl (C=O) groups excluding carboxylic acids is 1. The number of hydrogen-bond donors (Lipinski definition) is 1. The number of nitrogens with zero attached hydrogens (tertiary/aromatic N) is 1. The maximum absolute atomic E-state index is 14.0.